The summed E-state index contributed by atoms with van der Waals surface area (Å²) in [5.74, 6) is 0.635. The van der Waals surface area contributed by atoms with Crippen LogP contribution in [-0.4, -0.2) is 24.5 Å². The zero-order valence-electron chi connectivity index (χ0n) is 9.05. The molecule has 0 bridgehead atoms. The van der Waals surface area contributed by atoms with Crippen LogP contribution in [0.1, 0.15) is 0 Å². The van der Waals surface area contributed by atoms with Gasteiger partial charge in [-0.15, -0.1) is 0 Å². The first-order chi connectivity index (χ1) is 8.11. The molecular weight excluding hydrogens is 242 g/mol. The molecule has 4 nitrogen and oxygen atoms in total. The minimum atomic E-state index is -1.89. The number of methoxy groups -OCH3 is 1. The minimum absolute atomic E-state index is 0.247. The number of hydrogen-bond acceptors (Lipinski definition) is 4. The van der Waals surface area contributed by atoms with E-state index in [0.29, 0.717) is 10.8 Å². The maximum Gasteiger partial charge on any atom is 0.707 e. The largest absolute Gasteiger partial charge is 0.707 e. The van der Waals surface area contributed by atoms with Gasteiger partial charge in [0.15, 0.2) is 5.75 Å². The Hall–Kier alpha value is -1.43. The van der Waals surface area contributed by atoms with E-state index in [1.54, 1.807) is 24.3 Å². The molecule has 0 aromatic heterocycles. The lowest BCUT2D eigenvalue weighted by Crippen LogP contribution is -2.20. The molecule has 2 rings (SSSR count). The van der Waals surface area contributed by atoms with E-state index in [1.165, 1.54) is 7.11 Å². The van der Waals surface area contributed by atoms with Crippen molar-refractivity contribution in [1.82, 2.24) is 0 Å². The van der Waals surface area contributed by atoms with E-state index in [1.807, 2.05) is 6.07 Å². The van der Waals surface area contributed by atoms with Gasteiger partial charge in [-0.3, -0.25) is 0 Å². The van der Waals surface area contributed by atoms with Gasteiger partial charge in [-0.05, 0) is 23.6 Å². The lowest BCUT2D eigenvalue weighted by Gasteiger charge is -2.12. The third kappa shape index (κ3) is 2.47. The Morgan fingerprint density at radius 1 is 1.18 bits per heavy atom. The average Bonchev–Trinajstić information content (AvgIpc) is 2.28. The predicted molar refractivity (Wildman–Crippen MR) is 66.3 cm³/mol. The number of benzene rings is 2. The van der Waals surface area contributed by atoms with E-state index in [-0.39, 0.29) is 5.75 Å². The summed E-state index contributed by atoms with van der Waals surface area (Å²) >= 11 is 6.05. The summed E-state index contributed by atoms with van der Waals surface area (Å²) in [6.07, 6.45) is 0. The average molecular weight is 252 g/mol. The lowest BCUT2D eigenvalue weighted by molar-refractivity contribution is 0.280. The predicted octanol–water partition coefficient (Wildman–Crippen LogP) is 1.85. The number of rotatable bonds is 3. The molecule has 0 amide bonds. The monoisotopic (exact) mass is 252 g/mol. The van der Waals surface area contributed by atoms with Crippen molar-refractivity contribution in [3.63, 3.8) is 0 Å². The quantitative estimate of drug-likeness (QED) is 0.819. The molecule has 0 aliphatic carbocycles. The van der Waals surface area contributed by atoms with E-state index in [4.69, 9.17) is 31.0 Å². The molecular formula is C11H10BClO4. The second kappa shape index (κ2) is 4.83. The van der Waals surface area contributed by atoms with E-state index in [2.05, 4.69) is 0 Å². The van der Waals surface area contributed by atoms with E-state index in [0.717, 1.165) is 10.8 Å². The molecule has 0 fully saturated rings. The third-order valence-electron chi connectivity index (χ3n) is 2.34. The summed E-state index contributed by atoms with van der Waals surface area (Å²) in [7, 11) is -0.422. The molecule has 0 spiro atoms. The first kappa shape index (κ1) is 12.0. The first-order valence-electron chi connectivity index (χ1n) is 4.91. The number of hydrogen-bond donors (Lipinski definition) is 2. The van der Waals surface area contributed by atoms with Crippen LogP contribution in [0.3, 0.4) is 0 Å². The second-order valence-electron chi connectivity index (χ2n) is 3.41. The van der Waals surface area contributed by atoms with Crippen LogP contribution in [0.5, 0.6) is 11.5 Å². The normalized spacial score (nSPS) is 10.4. The summed E-state index contributed by atoms with van der Waals surface area (Å²) in [5.41, 5.74) is 0. The zero-order valence-corrected chi connectivity index (χ0v) is 9.81. The van der Waals surface area contributed by atoms with Crippen molar-refractivity contribution in [2.75, 3.05) is 7.11 Å². The van der Waals surface area contributed by atoms with Crippen molar-refractivity contribution >= 4 is 29.7 Å². The van der Waals surface area contributed by atoms with Gasteiger partial charge in [0.1, 0.15) is 5.75 Å². The van der Waals surface area contributed by atoms with Crippen molar-refractivity contribution in [3.8, 4) is 11.5 Å². The summed E-state index contributed by atoms with van der Waals surface area (Å²) in [4.78, 5) is 0. The van der Waals surface area contributed by atoms with Crippen molar-refractivity contribution in [3.05, 3.63) is 35.4 Å². The summed E-state index contributed by atoms with van der Waals surface area (Å²) in [6.45, 7) is 0. The van der Waals surface area contributed by atoms with Gasteiger partial charge in [-0.1, -0.05) is 23.7 Å². The van der Waals surface area contributed by atoms with E-state index < -0.39 is 7.32 Å². The fourth-order valence-corrected chi connectivity index (χ4v) is 1.85. The van der Waals surface area contributed by atoms with Gasteiger partial charge in [0.2, 0.25) is 0 Å². The molecule has 0 saturated carbocycles. The molecule has 17 heavy (non-hydrogen) atoms. The molecule has 0 aliphatic heterocycles. The Morgan fingerprint density at radius 3 is 2.59 bits per heavy atom. The molecule has 2 aromatic carbocycles. The highest BCUT2D eigenvalue weighted by molar-refractivity contribution is 6.36. The molecule has 0 radical (unpaired) electrons. The molecule has 0 aliphatic rings. The van der Waals surface area contributed by atoms with Crippen molar-refractivity contribution in [2.24, 2.45) is 0 Å². The van der Waals surface area contributed by atoms with Crippen LogP contribution in [0.25, 0.3) is 10.8 Å². The zero-order chi connectivity index (χ0) is 12.4. The van der Waals surface area contributed by atoms with Gasteiger partial charge in [-0.25, -0.2) is 0 Å². The number of fused-ring (bicyclic) bond motifs is 1. The van der Waals surface area contributed by atoms with Crippen molar-refractivity contribution < 1.29 is 19.4 Å². The van der Waals surface area contributed by atoms with Crippen LogP contribution in [0.2, 0.25) is 5.02 Å². The summed E-state index contributed by atoms with van der Waals surface area (Å²) in [5, 5.41) is 19.8. The molecule has 2 N–H and O–H groups in total. The third-order valence-corrected chi connectivity index (χ3v) is 2.67. The van der Waals surface area contributed by atoms with Gasteiger partial charge in [0.05, 0.1) is 7.11 Å². The van der Waals surface area contributed by atoms with Crippen molar-refractivity contribution in [1.29, 1.82) is 0 Å². The lowest BCUT2D eigenvalue weighted by atomic mass is 10.1. The Balaban J connectivity index is 2.60. The summed E-state index contributed by atoms with van der Waals surface area (Å²) in [6, 6.07) is 8.74. The number of ether oxygens (including phenoxy) is 1. The molecule has 88 valence electrons. The standard InChI is InChI=1S/C11H10BClO4/c1-16-10-6-8-7(3-2-4-9(8)13)5-11(10)17-12(14)15/h2-6,14-15H,1H3. The Morgan fingerprint density at radius 2 is 1.94 bits per heavy atom. The Bertz CT molecular complexity index is 544. The van der Waals surface area contributed by atoms with Crippen molar-refractivity contribution in [2.45, 2.75) is 0 Å². The van der Waals surface area contributed by atoms with Crippen LogP contribution in [0, 0.1) is 0 Å². The van der Waals surface area contributed by atoms with Crippen LogP contribution < -0.4 is 9.39 Å². The molecule has 2 aromatic rings. The van der Waals surface area contributed by atoms with Crippen LogP contribution in [-0.2, 0) is 0 Å². The van der Waals surface area contributed by atoms with Gasteiger partial charge < -0.3 is 19.4 Å². The van der Waals surface area contributed by atoms with Gasteiger partial charge in [-0.2, -0.15) is 0 Å². The topological polar surface area (TPSA) is 58.9 Å². The first-order valence-corrected chi connectivity index (χ1v) is 5.28. The molecule has 6 heteroatoms. The van der Waals surface area contributed by atoms with Gasteiger partial charge in [0, 0.05) is 10.4 Å². The minimum Gasteiger partial charge on any atom is -0.509 e. The SMILES string of the molecule is COc1cc2c(Cl)cccc2cc1OB(O)O. The Labute approximate surface area is 104 Å². The maximum atomic E-state index is 8.80. The highest BCUT2D eigenvalue weighted by atomic mass is 35.5. The molecule has 0 atom stereocenters. The van der Waals surface area contributed by atoms with Crippen LogP contribution >= 0.6 is 11.6 Å². The van der Waals surface area contributed by atoms with E-state index >= 15 is 0 Å². The molecule has 0 heterocycles. The van der Waals surface area contributed by atoms with Crippen LogP contribution in [0.4, 0.5) is 0 Å². The summed E-state index contributed by atoms with van der Waals surface area (Å²) < 4.78 is 9.93. The highest BCUT2D eigenvalue weighted by Crippen LogP contribution is 2.35. The fourth-order valence-electron chi connectivity index (χ4n) is 1.61. The molecule has 0 unspecified atom stereocenters. The second-order valence-corrected chi connectivity index (χ2v) is 3.82. The Kier molecular flexibility index (Phi) is 3.42. The van der Waals surface area contributed by atoms with E-state index in [9.17, 15) is 0 Å². The van der Waals surface area contributed by atoms with Crippen LogP contribution in [0.15, 0.2) is 30.3 Å². The molecule has 0 saturated heterocycles. The van der Waals surface area contributed by atoms with Gasteiger partial charge >= 0.3 is 7.32 Å². The fraction of sp³-hybridized carbons (Fsp3) is 0.0909. The smallest absolute Gasteiger partial charge is 0.509 e. The number of halogens is 1. The maximum absolute atomic E-state index is 8.80. The highest BCUT2D eigenvalue weighted by Gasteiger charge is 2.16. The van der Waals surface area contributed by atoms with Gasteiger partial charge in [0.25, 0.3) is 0 Å².